The molecule has 0 spiro atoms. The lowest BCUT2D eigenvalue weighted by Crippen LogP contribution is -2.26. The number of ether oxygens (including phenoxy) is 2. The molecule has 4 aromatic rings. The molecule has 188 valence electrons. The Kier molecular flexibility index (Phi) is 7.49. The van der Waals surface area contributed by atoms with Crippen LogP contribution >= 0.6 is 0 Å². The minimum absolute atomic E-state index is 0.537. The van der Waals surface area contributed by atoms with Gasteiger partial charge in [-0.25, -0.2) is 4.98 Å². The van der Waals surface area contributed by atoms with E-state index >= 15 is 0 Å². The van der Waals surface area contributed by atoms with Crippen molar-refractivity contribution in [3.05, 3.63) is 66.6 Å². The van der Waals surface area contributed by atoms with Crippen molar-refractivity contribution >= 4 is 22.4 Å². The number of hydrogen-bond donors (Lipinski definition) is 0. The summed E-state index contributed by atoms with van der Waals surface area (Å²) in [5.41, 5.74) is 7.00. The number of fused-ring (bicyclic) bond motifs is 1. The number of hydrogen-bond acceptors (Lipinski definition) is 6. The summed E-state index contributed by atoms with van der Waals surface area (Å²) in [6.45, 7) is 4.97. The summed E-state index contributed by atoms with van der Waals surface area (Å²) in [5, 5.41) is 0. The molecule has 0 N–H and O–H groups in total. The fourth-order valence-corrected chi connectivity index (χ4v) is 4.99. The fourth-order valence-electron chi connectivity index (χ4n) is 4.99. The van der Waals surface area contributed by atoms with E-state index in [-0.39, 0.29) is 0 Å². The number of benzene rings is 2. The van der Waals surface area contributed by atoms with Crippen LogP contribution in [-0.4, -0.2) is 59.8 Å². The van der Waals surface area contributed by atoms with Gasteiger partial charge in [-0.1, -0.05) is 0 Å². The van der Waals surface area contributed by atoms with E-state index < -0.39 is 0 Å². The molecule has 36 heavy (non-hydrogen) atoms. The fraction of sp³-hybridized carbons (Fsp3) is 0.379. The lowest BCUT2D eigenvalue weighted by atomic mass is 10.1. The largest absolute Gasteiger partial charge is 0.497 e. The van der Waals surface area contributed by atoms with Crippen molar-refractivity contribution < 1.29 is 9.47 Å². The number of nitrogens with zero attached hydrogens (tertiary/aromatic N) is 5. The first-order valence-electron chi connectivity index (χ1n) is 12.7. The van der Waals surface area contributed by atoms with E-state index in [2.05, 4.69) is 57.4 Å². The Morgan fingerprint density at radius 2 is 1.83 bits per heavy atom. The van der Waals surface area contributed by atoms with Gasteiger partial charge in [-0.15, -0.1) is 0 Å². The zero-order valence-electron chi connectivity index (χ0n) is 21.5. The Labute approximate surface area is 213 Å². The molecule has 0 bridgehead atoms. The minimum Gasteiger partial charge on any atom is -0.497 e. The normalized spacial score (nSPS) is 14.0. The predicted molar refractivity (Wildman–Crippen MR) is 145 cm³/mol. The number of anilines is 2. The van der Waals surface area contributed by atoms with Gasteiger partial charge in [0.15, 0.2) is 0 Å². The van der Waals surface area contributed by atoms with Crippen LogP contribution in [0.5, 0.6) is 5.75 Å². The van der Waals surface area contributed by atoms with Crippen LogP contribution in [0.4, 0.5) is 11.4 Å². The van der Waals surface area contributed by atoms with Crippen molar-refractivity contribution in [2.75, 3.05) is 45.3 Å². The first-order valence-corrected chi connectivity index (χ1v) is 12.7. The molecule has 0 amide bonds. The van der Waals surface area contributed by atoms with E-state index in [4.69, 9.17) is 14.5 Å². The maximum absolute atomic E-state index is 5.64. The summed E-state index contributed by atoms with van der Waals surface area (Å²) in [4.78, 5) is 14.6. The van der Waals surface area contributed by atoms with E-state index in [1.165, 1.54) is 25.9 Å². The van der Waals surface area contributed by atoms with E-state index in [1.54, 1.807) is 14.2 Å². The van der Waals surface area contributed by atoms with Crippen molar-refractivity contribution in [2.24, 2.45) is 7.05 Å². The van der Waals surface area contributed by atoms with E-state index in [0.29, 0.717) is 6.61 Å². The topological polar surface area (TPSA) is 55.7 Å². The molecule has 7 heteroatoms. The van der Waals surface area contributed by atoms with Crippen molar-refractivity contribution in [3.8, 4) is 17.0 Å². The lowest BCUT2D eigenvalue weighted by molar-refractivity contribution is 0.184. The molecule has 0 unspecified atom stereocenters. The van der Waals surface area contributed by atoms with Crippen LogP contribution in [0.1, 0.15) is 24.8 Å². The number of aromatic nitrogens is 3. The average Bonchev–Trinajstić information content (AvgIpc) is 3.58. The second-order valence-electron chi connectivity index (χ2n) is 9.52. The summed E-state index contributed by atoms with van der Waals surface area (Å²) >= 11 is 0. The molecule has 0 saturated carbocycles. The van der Waals surface area contributed by atoms with Gasteiger partial charge < -0.3 is 23.8 Å². The minimum atomic E-state index is 0.537. The average molecular weight is 486 g/mol. The molecular formula is C29H35N5O2. The number of aryl methyl sites for hydroxylation is 1. The van der Waals surface area contributed by atoms with Crippen LogP contribution in [0.3, 0.4) is 0 Å². The van der Waals surface area contributed by atoms with E-state index in [9.17, 15) is 0 Å². The van der Waals surface area contributed by atoms with Crippen LogP contribution in [-0.2, 0) is 18.4 Å². The molecule has 0 atom stereocenters. The summed E-state index contributed by atoms with van der Waals surface area (Å²) in [6.07, 6.45) is 9.65. The smallest absolute Gasteiger partial charge is 0.121 e. The molecule has 0 radical (unpaired) electrons. The van der Waals surface area contributed by atoms with Gasteiger partial charge in [0, 0.05) is 56.1 Å². The highest BCUT2D eigenvalue weighted by atomic mass is 16.5. The van der Waals surface area contributed by atoms with E-state index in [0.717, 1.165) is 64.5 Å². The molecular weight excluding hydrogens is 450 g/mol. The summed E-state index contributed by atoms with van der Waals surface area (Å²) in [6, 6.07) is 14.8. The van der Waals surface area contributed by atoms with Crippen molar-refractivity contribution in [1.82, 2.24) is 19.4 Å². The lowest BCUT2D eigenvalue weighted by Gasteiger charge is -2.27. The van der Waals surface area contributed by atoms with Gasteiger partial charge in [0.1, 0.15) is 5.75 Å². The van der Waals surface area contributed by atoms with Crippen LogP contribution in [0, 0.1) is 0 Å². The molecule has 1 fully saturated rings. The molecule has 1 saturated heterocycles. The molecule has 5 rings (SSSR count). The number of likely N-dealkylation sites (tertiary alicyclic amines) is 1. The Hall–Kier alpha value is -3.42. The van der Waals surface area contributed by atoms with Gasteiger partial charge >= 0.3 is 0 Å². The van der Waals surface area contributed by atoms with Gasteiger partial charge in [-0.05, 0) is 80.9 Å². The summed E-state index contributed by atoms with van der Waals surface area (Å²) in [7, 11) is 5.45. The van der Waals surface area contributed by atoms with Gasteiger partial charge in [0.25, 0.3) is 0 Å². The molecule has 7 nitrogen and oxygen atoms in total. The SMILES string of the molecule is COCc1cc(OC)cc(N(CCCN2CCCC2)c2ccc3ncc(-c4ccn(C)c4)nc3c2)c1. The molecule has 1 aliphatic rings. The quantitative estimate of drug-likeness (QED) is 0.299. The van der Waals surface area contributed by atoms with Crippen LogP contribution in [0.2, 0.25) is 0 Å². The maximum Gasteiger partial charge on any atom is 0.121 e. The van der Waals surface area contributed by atoms with Crippen molar-refractivity contribution in [3.63, 3.8) is 0 Å². The Balaban J connectivity index is 1.50. The van der Waals surface area contributed by atoms with E-state index in [1.807, 2.05) is 30.1 Å². The highest BCUT2D eigenvalue weighted by Crippen LogP contribution is 2.32. The molecule has 1 aliphatic heterocycles. The molecule has 2 aromatic heterocycles. The van der Waals surface area contributed by atoms with Gasteiger partial charge in [-0.2, -0.15) is 0 Å². The van der Waals surface area contributed by atoms with Gasteiger partial charge in [0.2, 0.25) is 0 Å². The third-order valence-electron chi connectivity index (χ3n) is 6.83. The maximum atomic E-state index is 5.64. The number of rotatable bonds is 10. The Bertz CT molecular complexity index is 1310. The summed E-state index contributed by atoms with van der Waals surface area (Å²) in [5.74, 6) is 0.830. The number of methoxy groups -OCH3 is 2. The monoisotopic (exact) mass is 485 g/mol. The zero-order chi connectivity index (χ0) is 24.9. The highest BCUT2D eigenvalue weighted by molar-refractivity contribution is 5.82. The first-order chi connectivity index (χ1) is 17.6. The third kappa shape index (κ3) is 5.53. The predicted octanol–water partition coefficient (Wildman–Crippen LogP) is 5.41. The molecule has 3 heterocycles. The standard InChI is InChI=1S/C29H35N5O2/c1-32-14-9-23(20-32)29-19-30-27-8-7-24(18-28(27)31-29)34(13-6-12-33-10-4-5-11-33)25-15-22(21-35-2)16-26(17-25)36-3/h7-9,14-20H,4-6,10-13,21H2,1-3H3. The second-order valence-corrected chi connectivity index (χ2v) is 9.52. The zero-order valence-corrected chi connectivity index (χ0v) is 21.5. The van der Waals surface area contributed by atoms with Crippen molar-refractivity contribution in [1.29, 1.82) is 0 Å². The molecule has 2 aromatic carbocycles. The summed E-state index contributed by atoms with van der Waals surface area (Å²) < 4.78 is 13.1. The highest BCUT2D eigenvalue weighted by Gasteiger charge is 2.16. The van der Waals surface area contributed by atoms with Gasteiger partial charge in [-0.3, -0.25) is 4.98 Å². The van der Waals surface area contributed by atoms with Crippen LogP contribution in [0.15, 0.2) is 61.1 Å². The van der Waals surface area contributed by atoms with Crippen LogP contribution < -0.4 is 9.64 Å². The molecule has 0 aliphatic carbocycles. The van der Waals surface area contributed by atoms with Crippen molar-refractivity contribution in [2.45, 2.75) is 25.9 Å². The van der Waals surface area contributed by atoms with Crippen LogP contribution in [0.25, 0.3) is 22.3 Å². The van der Waals surface area contributed by atoms with Gasteiger partial charge in [0.05, 0.1) is 36.6 Å². The third-order valence-corrected chi connectivity index (χ3v) is 6.83. The Morgan fingerprint density at radius 1 is 0.972 bits per heavy atom. The second kappa shape index (κ2) is 11.1. The first kappa shape index (κ1) is 24.3. The Morgan fingerprint density at radius 3 is 2.58 bits per heavy atom.